The number of sulfonamides is 1. The van der Waals surface area contributed by atoms with Gasteiger partial charge in [0.1, 0.15) is 0 Å². The van der Waals surface area contributed by atoms with Crippen molar-refractivity contribution in [3.05, 3.63) is 53.6 Å². The van der Waals surface area contributed by atoms with Crippen molar-refractivity contribution in [3.63, 3.8) is 0 Å². The molecule has 1 saturated heterocycles. The van der Waals surface area contributed by atoms with Crippen LogP contribution in [0.2, 0.25) is 0 Å². The number of hydrogen-bond donors (Lipinski definition) is 1. The minimum absolute atomic E-state index is 0.190. The molecule has 9 heteroatoms. The number of piperidine rings is 1. The maximum absolute atomic E-state index is 12.7. The second-order valence-corrected chi connectivity index (χ2v) is 8.74. The van der Waals surface area contributed by atoms with E-state index >= 15 is 0 Å². The molecule has 0 aliphatic carbocycles. The predicted octanol–water partition coefficient (Wildman–Crippen LogP) is 2.64. The zero-order valence-electron chi connectivity index (χ0n) is 17.0. The number of nitrogens with zero attached hydrogens (tertiary/aromatic N) is 2. The fraction of sp³-hybridized carbons (Fsp3) is 0.333. The number of hydrazone groups is 1. The number of amides is 1. The van der Waals surface area contributed by atoms with Gasteiger partial charge in [0.15, 0.2) is 11.5 Å². The van der Waals surface area contributed by atoms with E-state index in [1.807, 2.05) is 0 Å². The standard InChI is InChI=1S/C21H25N3O5S/c1-28-19-11-6-16(14-20(19)29-2)15-22-23-21(25)17-7-9-18(10-8-17)30(26,27)24-12-4-3-5-13-24/h6-11,14-15H,3-5,12-13H2,1-2H3,(H,23,25). The molecule has 1 fully saturated rings. The van der Waals surface area contributed by atoms with Gasteiger partial charge in [0, 0.05) is 18.7 Å². The van der Waals surface area contributed by atoms with Gasteiger partial charge < -0.3 is 9.47 Å². The molecular formula is C21H25N3O5S. The molecule has 1 heterocycles. The summed E-state index contributed by atoms with van der Waals surface area (Å²) in [6.07, 6.45) is 4.28. The van der Waals surface area contributed by atoms with Crippen LogP contribution in [0.3, 0.4) is 0 Å². The lowest BCUT2D eigenvalue weighted by molar-refractivity contribution is 0.0955. The van der Waals surface area contributed by atoms with E-state index in [-0.39, 0.29) is 4.90 Å². The minimum Gasteiger partial charge on any atom is -0.493 e. The Morgan fingerprint density at radius 2 is 1.67 bits per heavy atom. The summed E-state index contributed by atoms with van der Waals surface area (Å²) in [5, 5.41) is 3.95. The molecule has 0 bridgehead atoms. The Bertz CT molecular complexity index is 1010. The summed E-state index contributed by atoms with van der Waals surface area (Å²) in [4.78, 5) is 12.5. The van der Waals surface area contributed by atoms with Crippen molar-refractivity contribution in [2.75, 3.05) is 27.3 Å². The molecule has 0 spiro atoms. The van der Waals surface area contributed by atoms with Crippen LogP contribution < -0.4 is 14.9 Å². The molecule has 2 aromatic rings. The van der Waals surface area contributed by atoms with Gasteiger partial charge in [0.2, 0.25) is 10.0 Å². The number of nitrogens with one attached hydrogen (secondary N) is 1. The molecule has 0 saturated carbocycles. The molecular weight excluding hydrogens is 406 g/mol. The Balaban J connectivity index is 1.64. The lowest BCUT2D eigenvalue weighted by atomic mass is 10.2. The van der Waals surface area contributed by atoms with Gasteiger partial charge in [-0.1, -0.05) is 6.42 Å². The highest BCUT2D eigenvalue weighted by Gasteiger charge is 2.25. The molecule has 0 unspecified atom stereocenters. The molecule has 1 aliphatic heterocycles. The lowest BCUT2D eigenvalue weighted by Crippen LogP contribution is -2.35. The fourth-order valence-corrected chi connectivity index (χ4v) is 4.71. The highest BCUT2D eigenvalue weighted by molar-refractivity contribution is 7.89. The van der Waals surface area contributed by atoms with Crippen LogP contribution >= 0.6 is 0 Å². The van der Waals surface area contributed by atoms with Crippen LogP contribution in [0.1, 0.15) is 35.2 Å². The average molecular weight is 432 g/mol. The largest absolute Gasteiger partial charge is 0.493 e. The molecule has 0 radical (unpaired) electrons. The quantitative estimate of drug-likeness (QED) is 0.537. The van der Waals surface area contributed by atoms with Crippen LogP contribution in [-0.2, 0) is 10.0 Å². The monoisotopic (exact) mass is 431 g/mol. The smallest absolute Gasteiger partial charge is 0.271 e. The number of ether oxygens (including phenoxy) is 2. The van der Waals surface area contributed by atoms with Crippen molar-refractivity contribution in [1.29, 1.82) is 0 Å². The van der Waals surface area contributed by atoms with E-state index in [1.165, 1.54) is 41.9 Å². The van der Waals surface area contributed by atoms with E-state index in [9.17, 15) is 13.2 Å². The van der Waals surface area contributed by atoms with E-state index < -0.39 is 15.9 Å². The van der Waals surface area contributed by atoms with Crippen LogP contribution in [0.25, 0.3) is 0 Å². The average Bonchev–Trinajstić information content (AvgIpc) is 2.79. The second-order valence-electron chi connectivity index (χ2n) is 6.80. The summed E-state index contributed by atoms with van der Waals surface area (Å²) in [7, 11) is -0.432. The number of methoxy groups -OCH3 is 2. The maximum atomic E-state index is 12.7. The first-order valence-electron chi connectivity index (χ1n) is 9.61. The molecule has 30 heavy (non-hydrogen) atoms. The van der Waals surface area contributed by atoms with Crippen molar-refractivity contribution >= 4 is 22.1 Å². The Kier molecular flexibility index (Phi) is 7.07. The van der Waals surface area contributed by atoms with Gasteiger partial charge in [-0.25, -0.2) is 13.8 Å². The van der Waals surface area contributed by atoms with Crippen molar-refractivity contribution < 1.29 is 22.7 Å². The van der Waals surface area contributed by atoms with Crippen molar-refractivity contribution in [2.24, 2.45) is 5.10 Å². The Morgan fingerprint density at radius 3 is 2.30 bits per heavy atom. The highest BCUT2D eigenvalue weighted by atomic mass is 32.2. The first kappa shape index (κ1) is 21.8. The third-order valence-corrected chi connectivity index (χ3v) is 6.77. The van der Waals surface area contributed by atoms with E-state index in [0.29, 0.717) is 30.2 Å². The number of hydrogen-bond acceptors (Lipinski definition) is 6. The summed E-state index contributed by atoms with van der Waals surface area (Å²) in [6.45, 7) is 1.07. The van der Waals surface area contributed by atoms with Crippen LogP contribution in [-0.4, -0.2) is 52.2 Å². The van der Waals surface area contributed by atoms with Crippen molar-refractivity contribution in [3.8, 4) is 11.5 Å². The lowest BCUT2D eigenvalue weighted by Gasteiger charge is -2.25. The summed E-state index contributed by atoms with van der Waals surface area (Å²) >= 11 is 0. The van der Waals surface area contributed by atoms with Crippen LogP contribution in [0.15, 0.2) is 52.5 Å². The van der Waals surface area contributed by atoms with E-state index in [0.717, 1.165) is 24.8 Å². The predicted molar refractivity (Wildman–Crippen MR) is 114 cm³/mol. The first-order chi connectivity index (χ1) is 14.5. The second kappa shape index (κ2) is 9.73. The van der Waals surface area contributed by atoms with Gasteiger partial charge in [0.25, 0.3) is 5.91 Å². The van der Waals surface area contributed by atoms with Crippen LogP contribution in [0.5, 0.6) is 11.5 Å². The van der Waals surface area contributed by atoms with Gasteiger partial charge >= 0.3 is 0 Å². The topological polar surface area (TPSA) is 97.3 Å². The molecule has 1 N–H and O–H groups in total. The van der Waals surface area contributed by atoms with Crippen LogP contribution in [0, 0.1) is 0 Å². The van der Waals surface area contributed by atoms with E-state index in [2.05, 4.69) is 10.5 Å². The Morgan fingerprint density at radius 1 is 1.00 bits per heavy atom. The third-order valence-electron chi connectivity index (χ3n) is 4.86. The van der Waals surface area contributed by atoms with Gasteiger partial charge in [-0.3, -0.25) is 4.79 Å². The molecule has 1 aliphatic rings. The summed E-state index contributed by atoms with van der Waals surface area (Å²) in [5.74, 6) is 0.713. The fourth-order valence-electron chi connectivity index (χ4n) is 3.20. The molecule has 0 aromatic heterocycles. The van der Waals surface area contributed by atoms with E-state index in [1.54, 1.807) is 25.3 Å². The summed E-state index contributed by atoms with van der Waals surface area (Å²) < 4.78 is 37.3. The van der Waals surface area contributed by atoms with E-state index in [4.69, 9.17) is 9.47 Å². The zero-order chi connectivity index (χ0) is 21.6. The highest BCUT2D eigenvalue weighted by Crippen LogP contribution is 2.26. The SMILES string of the molecule is COc1ccc(C=NNC(=O)c2ccc(S(=O)(=O)N3CCCCC3)cc2)cc1OC. The van der Waals surface area contributed by atoms with Crippen LogP contribution in [0.4, 0.5) is 0 Å². The summed E-state index contributed by atoms with van der Waals surface area (Å²) in [6, 6.07) is 11.1. The first-order valence-corrected chi connectivity index (χ1v) is 11.1. The summed E-state index contributed by atoms with van der Waals surface area (Å²) in [5.41, 5.74) is 3.47. The molecule has 8 nitrogen and oxygen atoms in total. The molecule has 1 amide bonds. The van der Waals surface area contributed by atoms with Gasteiger partial charge in [0.05, 0.1) is 25.3 Å². The molecule has 3 rings (SSSR count). The van der Waals surface area contributed by atoms with Gasteiger partial charge in [-0.2, -0.15) is 9.41 Å². The molecule has 0 atom stereocenters. The van der Waals surface area contributed by atoms with Gasteiger partial charge in [-0.15, -0.1) is 0 Å². The zero-order valence-corrected chi connectivity index (χ0v) is 17.8. The number of carbonyl (C=O) groups excluding carboxylic acids is 1. The molecule has 160 valence electrons. The number of benzene rings is 2. The minimum atomic E-state index is -3.52. The molecule has 2 aromatic carbocycles. The number of carbonyl (C=O) groups is 1. The van der Waals surface area contributed by atoms with Crippen molar-refractivity contribution in [1.82, 2.24) is 9.73 Å². The Labute approximate surface area is 176 Å². The third kappa shape index (κ3) is 4.98. The Hall–Kier alpha value is -2.91. The normalized spacial score (nSPS) is 15.1. The van der Waals surface area contributed by atoms with Gasteiger partial charge in [-0.05, 0) is 60.9 Å². The maximum Gasteiger partial charge on any atom is 0.271 e. The number of rotatable bonds is 7. The van der Waals surface area contributed by atoms with Crippen molar-refractivity contribution in [2.45, 2.75) is 24.2 Å².